The van der Waals surface area contributed by atoms with Crippen LogP contribution in [0, 0.1) is 23.6 Å². The summed E-state index contributed by atoms with van der Waals surface area (Å²) in [5, 5.41) is 8.77. The molecule has 0 aromatic heterocycles. The lowest BCUT2D eigenvalue weighted by Crippen LogP contribution is -2.26. The minimum absolute atomic E-state index is 0.201. The smallest absolute Gasteiger partial charge is 0.124 e. The van der Waals surface area contributed by atoms with E-state index in [1.165, 1.54) is 18.6 Å². The van der Waals surface area contributed by atoms with Gasteiger partial charge < -0.3 is 5.11 Å². The van der Waals surface area contributed by atoms with Gasteiger partial charge in [0.15, 0.2) is 0 Å². The Balaban J connectivity index is 2.20. The van der Waals surface area contributed by atoms with Gasteiger partial charge in [-0.1, -0.05) is 24.8 Å². The van der Waals surface area contributed by atoms with Crippen molar-refractivity contribution in [2.75, 3.05) is 13.2 Å². The Morgan fingerprint density at radius 1 is 1.42 bits per heavy atom. The molecule has 2 rings (SSSR count). The third-order valence-corrected chi connectivity index (χ3v) is 3.66. The monoisotopic (exact) mass is 261 g/mol. The molecule has 0 radical (unpaired) electrons. The summed E-state index contributed by atoms with van der Waals surface area (Å²) in [6.45, 7) is 6.15. The molecular weight excluding hydrogens is 241 g/mol. The first-order valence-corrected chi connectivity index (χ1v) is 6.72. The molecule has 3 heteroatoms. The average molecular weight is 261 g/mol. The molecule has 0 saturated carbocycles. The van der Waals surface area contributed by atoms with Crippen LogP contribution in [-0.2, 0) is 6.54 Å². The Labute approximate surface area is 114 Å². The van der Waals surface area contributed by atoms with Gasteiger partial charge in [-0.3, -0.25) is 4.90 Å². The van der Waals surface area contributed by atoms with Gasteiger partial charge in [0.05, 0.1) is 0 Å². The topological polar surface area (TPSA) is 23.5 Å². The molecule has 0 aliphatic carbocycles. The predicted molar refractivity (Wildman–Crippen MR) is 74.0 cm³/mol. The van der Waals surface area contributed by atoms with Crippen LogP contribution in [-0.4, -0.2) is 29.2 Å². The third-order valence-electron chi connectivity index (χ3n) is 3.66. The third kappa shape index (κ3) is 3.56. The SMILES string of the molecule is CC1CC(C)N(Cc2ccc(F)cc2C#CCO)C1. The fourth-order valence-electron chi connectivity index (χ4n) is 2.76. The molecule has 1 saturated heterocycles. The van der Waals surface area contributed by atoms with E-state index in [2.05, 4.69) is 30.6 Å². The van der Waals surface area contributed by atoms with Gasteiger partial charge in [0.2, 0.25) is 0 Å². The lowest BCUT2D eigenvalue weighted by Gasteiger charge is -2.21. The molecule has 1 N–H and O–H groups in total. The van der Waals surface area contributed by atoms with Crippen LogP contribution in [0.1, 0.15) is 31.4 Å². The van der Waals surface area contributed by atoms with Gasteiger partial charge in [0, 0.05) is 24.7 Å². The second kappa shape index (κ2) is 6.18. The fourth-order valence-corrected chi connectivity index (χ4v) is 2.76. The highest BCUT2D eigenvalue weighted by molar-refractivity contribution is 5.41. The van der Waals surface area contributed by atoms with Gasteiger partial charge in [0.25, 0.3) is 0 Å². The van der Waals surface area contributed by atoms with Gasteiger partial charge in [-0.05, 0) is 37.0 Å². The molecule has 1 fully saturated rings. The van der Waals surface area contributed by atoms with E-state index in [0.717, 1.165) is 18.7 Å². The maximum absolute atomic E-state index is 13.3. The molecule has 1 aromatic rings. The summed E-state index contributed by atoms with van der Waals surface area (Å²) < 4.78 is 13.3. The molecule has 2 unspecified atom stereocenters. The van der Waals surface area contributed by atoms with E-state index in [-0.39, 0.29) is 12.4 Å². The standard InChI is InChI=1S/C16H20FNO/c1-12-8-13(2)18(10-12)11-15-5-6-16(17)9-14(15)4-3-7-19/h5-6,9,12-13,19H,7-8,10-11H2,1-2H3. The van der Waals surface area contributed by atoms with Gasteiger partial charge >= 0.3 is 0 Å². The molecule has 1 aliphatic heterocycles. The van der Waals surface area contributed by atoms with E-state index in [0.29, 0.717) is 17.5 Å². The van der Waals surface area contributed by atoms with E-state index >= 15 is 0 Å². The van der Waals surface area contributed by atoms with E-state index in [4.69, 9.17) is 5.11 Å². The zero-order chi connectivity index (χ0) is 13.8. The van der Waals surface area contributed by atoms with Crippen LogP contribution in [0.4, 0.5) is 4.39 Å². The van der Waals surface area contributed by atoms with Crippen LogP contribution in [0.25, 0.3) is 0 Å². The highest BCUT2D eigenvalue weighted by Crippen LogP contribution is 2.25. The number of aliphatic hydroxyl groups excluding tert-OH is 1. The van der Waals surface area contributed by atoms with Crippen LogP contribution in [0.5, 0.6) is 0 Å². The molecule has 2 atom stereocenters. The predicted octanol–water partition coefficient (Wildman–Crippen LogP) is 2.40. The fraction of sp³-hybridized carbons (Fsp3) is 0.500. The summed E-state index contributed by atoms with van der Waals surface area (Å²) in [6.07, 6.45) is 1.21. The summed E-state index contributed by atoms with van der Waals surface area (Å²) in [5.41, 5.74) is 1.71. The van der Waals surface area contributed by atoms with Crippen molar-refractivity contribution >= 4 is 0 Å². The zero-order valence-corrected chi connectivity index (χ0v) is 11.5. The number of hydrogen-bond acceptors (Lipinski definition) is 2. The number of halogens is 1. The van der Waals surface area contributed by atoms with Gasteiger partial charge in [-0.25, -0.2) is 4.39 Å². The molecular formula is C16H20FNO. The van der Waals surface area contributed by atoms with Crippen molar-refractivity contribution in [2.24, 2.45) is 5.92 Å². The van der Waals surface area contributed by atoms with Crippen molar-refractivity contribution in [3.05, 3.63) is 35.1 Å². The number of hydrogen-bond donors (Lipinski definition) is 1. The highest BCUT2D eigenvalue weighted by Gasteiger charge is 2.26. The van der Waals surface area contributed by atoms with Crippen molar-refractivity contribution < 1.29 is 9.50 Å². The molecule has 0 bridgehead atoms. The first kappa shape index (κ1) is 14.0. The minimum Gasteiger partial charge on any atom is -0.384 e. The van der Waals surface area contributed by atoms with Crippen LogP contribution in [0.3, 0.4) is 0 Å². The number of aliphatic hydroxyl groups is 1. The normalized spacial score (nSPS) is 23.2. The Morgan fingerprint density at radius 2 is 2.21 bits per heavy atom. The Kier molecular flexibility index (Phi) is 4.57. The number of benzene rings is 1. The Hall–Kier alpha value is -1.37. The minimum atomic E-state index is -0.283. The van der Waals surface area contributed by atoms with Gasteiger partial charge in [-0.15, -0.1) is 0 Å². The summed E-state index contributed by atoms with van der Waals surface area (Å²) in [7, 11) is 0. The van der Waals surface area contributed by atoms with Gasteiger partial charge in [-0.2, -0.15) is 0 Å². The zero-order valence-electron chi connectivity index (χ0n) is 11.5. The second-order valence-corrected chi connectivity index (χ2v) is 5.38. The van der Waals surface area contributed by atoms with E-state index in [1.54, 1.807) is 6.07 Å². The molecule has 102 valence electrons. The Morgan fingerprint density at radius 3 is 2.84 bits per heavy atom. The quantitative estimate of drug-likeness (QED) is 0.826. The molecule has 2 nitrogen and oxygen atoms in total. The van der Waals surface area contributed by atoms with Crippen LogP contribution in [0.15, 0.2) is 18.2 Å². The largest absolute Gasteiger partial charge is 0.384 e. The van der Waals surface area contributed by atoms with E-state index in [9.17, 15) is 4.39 Å². The maximum atomic E-state index is 13.3. The van der Waals surface area contributed by atoms with Crippen molar-refractivity contribution in [2.45, 2.75) is 32.9 Å². The first-order valence-electron chi connectivity index (χ1n) is 6.72. The summed E-state index contributed by atoms with van der Waals surface area (Å²) in [6, 6.07) is 5.27. The summed E-state index contributed by atoms with van der Waals surface area (Å²) in [5.74, 6) is 5.86. The van der Waals surface area contributed by atoms with Crippen molar-refractivity contribution in [1.82, 2.24) is 4.90 Å². The van der Waals surface area contributed by atoms with Crippen LogP contribution in [0.2, 0.25) is 0 Å². The van der Waals surface area contributed by atoms with Crippen molar-refractivity contribution in [1.29, 1.82) is 0 Å². The molecule has 1 aromatic carbocycles. The first-order chi connectivity index (χ1) is 9.10. The lowest BCUT2D eigenvalue weighted by molar-refractivity contribution is 0.256. The van der Waals surface area contributed by atoms with Gasteiger partial charge in [0.1, 0.15) is 12.4 Å². The molecule has 0 amide bonds. The maximum Gasteiger partial charge on any atom is 0.124 e. The van der Waals surface area contributed by atoms with E-state index in [1.807, 2.05) is 0 Å². The highest BCUT2D eigenvalue weighted by atomic mass is 19.1. The number of likely N-dealkylation sites (tertiary alicyclic amines) is 1. The summed E-state index contributed by atoms with van der Waals surface area (Å²) >= 11 is 0. The summed E-state index contributed by atoms with van der Waals surface area (Å²) in [4.78, 5) is 2.40. The average Bonchev–Trinajstić information content (AvgIpc) is 2.68. The second-order valence-electron chi connectivity index (χ2n) is 5.38. The lowest BCUT2D eigenvalue weighted by atomic mass is 10.1. The van der Waals surface area contributed by atoms with Crippen LogP contribution >= 0.6 is 0 Å². The Bertz CT molecular complexity index is 503. The molecule has 1 heterocycles. The molecule has 19 heavy (non-hydrogen) atoms. The number of rotatable bonds is 2. The van der Waals surface area contributed by atoms with Crippen molar-refractivity contribution in [3.63, 3.8) is 0 Å². The van der Waals surface area contributed by atoms with Crippen LogP contribution < -0.4 is 0 Å². The van der Waals surface area contributed by atoms with Crippen molar-refractivity contribution in [3.8, 4) is 11.8 Å². The molecule has 0 spiro atoms. The number of nitrogens with zero attached hydrogens (tertiary/aromatic N) is 1. The molecule has 1 aliphatic rings. The van der Waals surface area contributed by atoms with E-state index < -0.39 is 0 Å².